The summed E-state index contributed by atoms with van der Waals surface area (Å²) in [6.07, 6.45) is 2.10. The molecule has 0 heterocycles. The van der Waals surface area contributed by atoms with Crippen LogP contribution in [0.4, 0.5) is 0 Å². The van der Waals surface area contributed by atoms with Crippen molar-refractivity contribution < 1.29 is 14.6 Å². The zero-order chi connectivity index (χ0) is 12.0. The van der Waals surface area contributed by atoms with Gasteiger partial charge in [0, 0.05) is 0 Å². The fourth-order valence-electron chi connectivity index (χ4n) is 1.40. The summed E-state index contributed by atoms with van der Waals surface area (Å²) in [7, 11) is 0. The van der Waals surface area contributed by atoms with Gasteiger partial charge in [-0.2, -0.15) is 0 Å². The number of benzene rings is 1. The first-order chi connectivity index (χ1) is 7.69. The molecule has 1 atom stereocenters. The van der Waals surface area contributed by atoms with E-state index in [1.807, 2.05) is 18.2 Å². The lowest BCUT2D eigenvalue weighted by molar-refractivity contribution is -0.145. The van der Waals surface area contributed by atoms with Gasteiger partial charge in [-0.05, 0) is 24.5 Å². The van der Waals surface area contributed by atoms with Gasteiger partial charge in [0.05, 0.1) is 0 Å². The van der Waals surface area contributed by atoms with Crippen LogP contribution in [-0.4, -0.2) is 17.2 Å². The van der Waals surface area contributed by atoms with Crippen molar-refractivity contribution in [1.82, 2.24) is 0 Å². The minimum absolute atomic E-state index is 0.442. The maximum Gasteiger partial charge on any atom is 0.344 e. The van der Waals surface area contributed by atoms with Gasteiger partial charge in [0.1, 0.15) is 5.75 Å². The molecule has 0 aromatic heterocycles. The Kier molecular flexibility index (Phi) is 4.58. The Morgan fingerprint density at radius 2 is 2.25 bits per heavy atom. The summed E-state index contributed by atoms with van der Waals surface area (Å²) in [5.74, 6) is -0.312. The van der Waals surface area contributed by atoms with E-state index in [0.717, 1.165) is 5.56 Å². The molecule has 3 heteroatoms. The molecule has 0 unspecified atom stereocenters. The van der Waals surface area contributed by atoms with Gasteiger partial charge in [-0.15, -0.1) is 6.58 Å². The SMILES string of the molecule is C=CCc1ccccc1O[C@H](CC)C(=O)O. The summed E-state index contributed by atoms with van der Waals surface area (Å²) >= 11 is 0. The predicted molar refractivity (Wildman–Crippen MR) is 62.7 cm³/mol. The Hall–Kier alpha value is -1.77. The largest absolute Gasteiger partial charge is 0.479 e. The zero-order valence-electron chi connectivity index (χ0n) is 9.35. The summed E-state index contributed by atoms with van der Waals surface area (Å²) in [5, 5.41) is 8.91. The first-order valence-corrected chi connectivity index (χ1v) is 5.27. The number of hydrogen-bond donors (Lipinski definition) is 1. The van der Waals surface area contributed by atoms with E-state index in [0.29, 0.717) is 18.6 Å². The first kappa shape index (κ1) is 12.3. The van der Waals surface area contributed by atoms with E-state index in [1.165, 1.54) is 0 Å². The molecule has 16 heavy (non-hydrogen) atoms. The highest BCUT2D eigenvalue weighted by Crippen LogP contribution is 2.20. The van der Waals surface area contributed by atoms with Gasteiger partial charge < -0.3 is 9.84 Å². The topological polar surface area (TPSA) is 46.5 Å². The lowest BCUT2D eigenvalue weighted by Gasteiger charge is -2.15. The molecule has 1 rings (SSSR count). The fourth-order valence-corrected chi connectivity index (χ4v) is 1.40. The number of carboxylic acid groups (broad SMARTS) is 1. The summed E-state index contributed by atoms with van der Waals surface area (Å²) in [6, 6.07) is 7.42. The predicted octanol–water partition coefficient (Wildman–Crippen LogP) is 2.66. The third kappa shape index (κ3) is 3.12. The lowest BCUT2D eigenvalue weighted by Crippen LogP contribution is -2.26. The summed E-state index contributed by atoms with van der Waals surface area (Å²) in [5.41, 5.74) is 0.956. The van der Waals surface area contributed by atoms with Crippen LogP contribution in [-0.2, 0) is 11.2 Å². The van der Waals surface area contributed by atoms with Crippen LogP contribution in [0.3, 0.4) is 0 Å². The number of hydrogen-bond acceptors (Lipinski definition) is 2. The van der Waals surface area contributed by atoms with Crippen molar-refractivity contribution in [1.29, 1.82) is 0 Å². The van der Waals surface area contributed by atoms with E-state index < -0.39 is 12.1 Å². The van der Waals surface area contributed by atoms with Gasteiger partial charge >= 0.3 is 5.97 Å². The minimum atomic E-state index is -0.934. The molecule has 0 saturated heterocycles. The lowest BCUT2D eigenvalue weighted by atomic mass is 10.1. The number of carbonyl (C=O) groups is 1. The maximum atomic E-state index is 10.9. The Bertz CT molecular complexity index is 371. The molecular weight excluding hydrogens is 204 g/mol. The molecule has 0 amide bonds. The molecule has 0 radical (unpaired) electrons. The second kappa shape index (κ2) is 5.95. The summed E-state index contributed by atoms with van der Waals surface area (Å²) < 4.78 is 5.46. The molecule has 1 N–H and O–H groups in total. The van der Waals surface area contributed by atoms with Crippen molar-refractivity contribution in [3.63, 3.8) is 0 Å². The number of carboxylic acids is 1. The van der Waals surface area contributed by atoms with Crippen molar-refractivity contribution in [3.05, 3.63) is 42.5 Å². The quantitative estimate of drug-likeness (QED) is 0.750. The van der Waals surface area contributed by atoms with Crippen molar-refractivity contribution in [2.45, 2.75) is 25.9 Å². The molecular formula is C13H16O3. The van der Waals surface area contributed by atoms with Gasteiger partial charge in [0.2, 0.25) is 0 Å². The Morgan fingerprint density at radius 1 is 1.56 bits per heavy atom. The zero-order valence-corrected chi connectivity index (χ0v) is 9.35. The molecule has 0 saturated carbocycles. The number of ether oxygens (including phenoxy) is 1. The highest BCUT2D eigenvalue weighted by Gasteiger charge is 2.17. The Labute approximate surface area is 95.4 Å². The van der Waals surface area contributed by atoms with Crippen LogP contribution in [0, 0.1) is 0 Å². The molecule has 0 aliphatic heterocycles. The Balaban J connectivity index is 2.86. The van der Waals surface area contributed by atoms with E-state index in [2.05, 4.69) is 6.58 Å². The maximum absolute atomic E-state index is 10.9. The smallest absolute Gasteiger partial charge is 0.344 e. The summed E-state index contributed by atoms with van der Waals surface area (Å²) in [4.78, 5) is 10.9. The van der Waals surface area contributed by atoms with Crippen molar-refractivity contribution in [3.8, 4) is 5.75 Å². The van der Waals surface area contributed by atoms with Crippen LogP contribution in [0.1, 0.15) is 18.9 Å². The average Bonchev–Trinajstić information content (AvgIpc) is 2.27. The molecule has 0 aliphatic carbocycles. The van der Waals surface area contributed by atoms with Crippen LogP contribution >= 0.6 is 0 Å². The van der Waals surface area contributed by atoms with E-state index in [4.69, 9.17) is 9.84 Å². The molecule has 1 aromatic carbocycles. The third-order valence-corrected chi connectivity index (χ3v) is 2.25. The van der Waals surface area contributed by atoms with Crippen LogP contribution in [0.2, 0.25) is 0 Å². The van der Waals surface area contributed by atoms with Crippen molar-refractivity contribution in [2.75, 3.05) is 0 Å². The van der Waals surface area contributed by atoms with Crippen LogP contribution in [0.15, 0.2) is 36.9 Å². The Morgan fingerprint density at radius 3 is 2.81 bits per heavy atom. The molecule has 3 nitrogen and oxygen atoms in total. The van der Waals surface area contributed by atoms with Gasteiger partial charge in [-0.3, -0.25) is 0 Å². The highest BCUT2D eigenvalue weighted by molar-refractivity contribution is 5.72. The monoisotopic (exact) mass is 220 g/mol. The van der Waals surface area contributed by atoms with E-state index in [-0.39, 0.29) is 0 Å². The third-order valence-electron chi connectivity index (χ3n) is 2.25. The number of allylic oxidation sites excluding steroid dienone is 1. The van der Waals surface area contributed by atoms with Gasteiger partial charge in [-0.25, -0.2) is 4.79 Å². The highest BCUT2D eigenvalue weighted by atomic mass is 16.5. The molecule has 0 fully saturated rings. The second-order valence-corrected chi connectivity index (χ2v) is 3.45. The molecule has 0 aliphatic rings. The number of rotatable bonds is 6. The normalized spacial score (nSPS) is 11.8. The molecule has 1 aromatic rings. The second-order valence-electron chi connectivity index (χ2n) is 3.45. The average molecular weight is 220 g/mol. The van der Waals surface area contributed by atoms with Crippen molar-refractivity contribution >= 4 is 5.97 Å². The van der Waals surface area contributed by atoms with Crippen LogP contribution in [0.5, 0.6) is 5.75 Å². The standard InChI is InChI=1S/C13H16O3/c1-3-7-10-8-5-6-9-12(10)16-11(4-2)13(14)15/h3,5-6,8-9,11H,1,4,7H2,2H3,(H,14,15)/t11-/m1/s1. The van der Waals surface area contributed by atoms with Crippen LogP contribution in [0.25, 0.3) is 0 Å². The van der Waals surface area contributed by atoms with Crippen LogP contribution < -0.4 is 4.74 Å². The summed E-state index contributed by atoms with van der Waals surface area (Å²) in [6.45, 7) is 5.45. The fraction of sp³-hybridized carbons (Fsp3) is 0.308. The van der Waals surface area contributed by atoms with E-state index in [1.54, 1.807) is 19.1 Å². The molecule has 86 valence electrons. The molecule has 0 bridgehead atoms. The minimum Gasteiger partial charge on any atom is -0.479 e. The van der Waals surface area contributed by atoms with Gasteiger partial charge in [-0.1, -0.05) is 31.2 Å². The first-order valence-electron chi connectivity index (χ1n) is 5.27. The van der Waals surface area contributed by atoms with Gasteiger partial charge in [0.25, 0.3) is 0 Å². The van der Waals surface area contributed by atoms with E-state index >= 15 is 0 Å². The van der Waals surface area contributed by atoms with Crippen molar-refractivity contribution in [2.24, 2.45) is 0 Å². The number of para-hydroxylation sites is 1. The van der Waals surface area contributed by atoms with E-state index in [9.17, 15) is 4.79 Å². The number of aliphatic carboxylic acids is 1. The van der Waals surface area contributed by atoms with Gasteiger partial charge in [0.15, 0.2) is 6.10 Å². The molecule has 0 spiro atoms.